The molecule has 0 N–H and O–H groups in total. The highest BCUT2D eigenvalue weighted by atomic mass is 19.4. The molecule has 2 rings (SSSR count). The number of rotatable bonds is 6. The quantitative estimate of drug-likeness (QED) is 0.692. The van der Waals surface area contributed by atoms with Gasteiger partial charge in [-0.1, -0.05) is 50.6 Å². The van der Waals surface area contributed by atoms with Gasteiger partial charge < -0.3 is 9.47 Å². The Labute approximate surface area is 146 Å². The number of halogens is 3. The van der Waals surface area contributed by atoms with E-state index in [-0.39, 0.29) is 18.1 Å². The van der Waals surface area contributed by atoms with Gasteiger partial charge >= 0.3 is 12.1 Å². The van der Waals surface area contributed by atoms with Gasteiger partial charge in [-0.25, -0.2) is 4.79 Å². The topological polar surface area (TPSA) is 35.5 Å². The Kier molecular flexibility index (Phi) is 6.87. The number of hydrogen-bond donors (Lipinski definition) is 0. The van der Waals surface area contributed by atoms with Crippen molar-refractivity contribution in [3.05, 3.63) is 35.9 Å². The zero-order valence-corrected chi connectivity index (χ0v) is 14.6. The number of aryl methyl sites for hydroxylation is 1. The molecule has 0 spiro atoms. The van der Waals surface area contributed by atoms with Gasteiger partial charge in [-0.05, 0) is 24.8 Å². The number of benzene rings is 1. The van der Waals surface area contributed by atoms with Crippen molar-refractivity contribution >= 4 is 5.97 Å². The van der Waals surface area contributed by atoms with Gasteiger partial charge in [0.05, 0.1) is 12.2 Å². The summed E-state index contributed by atoms with van der Waals surface area (Å²) in [6.45, 7) is 3.79. The van der Waals surface area contributed by atoms with E-state index in [1.54, 1.807) is 6.92 Å². The van der Waals surface area contributed by atoms with Crippen molar-refractivity contribution in [2.24, 2.45) is 5.92 Å². The molecule has 1 aromatic rings. The molecule has 140 valence electrons. The van der Waals surface area contributed by atoms with Gasteiger partial charge in [0.15, 0.2) is 0 Å². The summed E-state index contributed by atoms with van der Waals surface area (Å²) in [5.41, 5.74) is 1.15. The van der Waals surface area contributed by atoms with Crippen LogP contribution in [0.1, 0.15) is 45.1 Å². The Hall–Kier alpha value is -1.56. The first-order valence-corrected chi connectivity index (χ1v) is 8.78. The molecule has 1 aromatic carbocycles. The van der Waals surface area contributed by atoms with Gasteiger partial charge in [0.25, 0.3) is 0 Å². The summed E-state index contributed by atoms with van der Waals surface area (Å²) in [4.78, 5) is 11.2. The maximum Gasteiger partial charge on any atom is 0.490 e. The molecule has 0 aromatic heterocycles. The Morgan fingerprint density at radius 1 is 1.24 bits per heavy atom. The molecule has 6 heteroatoms. The molecule has 25 heavy (non-hydrogen) atoms. The highest BCUT2D eigenvalue weighted by Gasteiger charge is 2.45. The Bertz CT molecular complexity index is 545. The number of alkyl halides is 3. The molecule has 1 fully saturated rings. The van der Waals surface area contributed by atoms with Crippen LogP contribution >= 0.6 is 0 Å². The number of esters is 1. The summed E-state index contributed by atoms with van der Waals surface area (Å²) in [5, 5.41) is 0. The second-order valence-corrected chi connectivity index (χ2v) is 6.65. The number of ether oxygens (including phenoxy) is 2. The summed E-state index contributed by atoms with van der Waals surface area (Å²) in [6.07, 6.45) is -2.75. The van der Waals surface area contributed by atoms with Crippen LogP contribution in [0.3, 0.4) is 0 Å². The van der Waals surface area contributed by atoms with Gasteiger partial charge in [-0.3, -0.25) is 0 Å². The second-order valence-electron chi connectivity index (χ2n) is 6.65. The fourth-order valence-electron chi connectivity index (χ4n) is 3.27. The number of carbonyl (C=O) groups is 1. The summed E-state index contributed by atoms with van der Waals surface area (Å²) in [5.74, 6) is -2.36. The van der Waals surface area contributed by atoms with Gasteiger partial charge in [0.2, 0.25) is 0 Å². The molecule has 3 nitrogen and oxygen atoms in total. The fraction of sp³-hybridized carbons (Fsp3) is 0.632. The first-order chi connectivity index (χ1) is 11.8. The van der Waals surface area contributed by atoms with Crippen molar-refractivity contribution in [3.63, 3.8) is 0 Å². The molecule has 0 radical (unpaired) electrons. The maximum atomic E-state index is 12.5. The minimum atomic E-state index is -4.96. The predicted molar refractivity (Wildman–Crippen MR) is 88.0 cm³/mol. The fourth-order valence-corrected chi connectivity index (χ4v) is 3.27. The van der Waals surface area contributed by atoms with Crippen LogP contribution in [0.5, 0.6) is 0 Å². The average molecular weight is 358 g/mol. The Morgan fingerprint density at radius 2 is 1.92 bits per heavy atom. The summed E-state index contributed by atoms with van der Waals surface area (Å²) in [7, 11) is 0. The maximum absolute atomic E-state index is 12.5. The lowest BCUT2D eigenvalue weighted by atomic mass is 9.86. The lowest BCUT2D eigenvalue weighted by Gasteiger charge is -2.40. The molecular formula is C19H25F3O3. The van der Waals surface area contributed by atoms with Gasteiger partial charge in [-0.15, -0.1) is 0 Å². The monoisotopic (exact) mass is 358 g/mol. The molecule has 1 aliphatic heterocycles. The van der Waals surface area contributed by atoms with Crippen molar-refractivity contribution in [2.75, 3.05) is 0 Å². The van der Waals surface area contributed by atoms with Crippen LogP contribution in [0.4, 0.5) is 13.2 Å². The van der Waals surface area contributed by atoms with Crippen LogP contribution in [0.2, 0.25) is 0 Å². The van der Waals surface area contributed by atoms with Crippen molar-refractivity contribution in [3.8, 4) is 0 Å². The summed E-state index contributed by atoms with van der Waals surface area (Å²) >= 11 is 0. The minimum absolute atomic E-state index is 0.189. The molecule has 1 aliphatic rings. The summed E-state index contributed by atoms with van der Waals surface area (Å²) < 4.78 is 48.5. The summed E-state index contributed by atoms with van der Waals surface area (Å²) in [6, 6.07) is 9.86. The number of carbonyl (C=O) groups excluding carboxylic acids is 1. The third-order valence-corrected chi connectivity index (χ3v) is 4.70. The van der Waals surface area contributed by atoms with Crippen LogP contribution in [0.15, 0.2) is 30.3 Å². The standard InChI is InChI=1S/C19H25F3O3/c1-3-7-16-13(2)17(25-18(23)19(20,21)22)12-15(24-16)11-10-14-8-5-4-6-9-14/h4-6,8-9,13,15-17H,3,7,10-12H2,1-2H3/t13-,15+,16-,17-/m0/s1. The molecule has 0 aliphatic carbocycles. The number of hydrogen-bond acceptors (Lipinski definition) is 3. The molecular weight excluding hydrogens is 333 g/mol. The van der Waals surface area contributed by atoms with Crippen LogP contribution in [0, 0.1) is 5.92 Å². The van der Waals surface area contributed by atoms with Gasteiger partial charge in [0, 0.05) is 12.3 Å². The molecule has 1 heterocycles. The third-order valence-electron chi connectivity index (χ3n) is 4.70. The largest absolute Gasteiger partial charge is 0.490 e. The second kappa shape index (κ2) is 8.70. The average Bonchev–Trinajstić information content (AvgIpc) is 2.57. The van der Waals surface area contributed by atoms with E-state index in [0.717, 1.165) is 24.8 Å². The van der Waals surface area contributed by atoms with Crippen LogP contribution < -0.4 is 0 Å². The zero-order chi connectivity index (χ0) is 18.4. The zero-order valence-electron chi connectivity index (χ0n) is 14.6. The Morgan fingerprint density at radius 3 is 2.52 bits per heavy atom. The first-order valence-electron chi connectivity index (χ1n) is 8.78. The van der Waals surface area contributed by atoms with Gasteiger partial charge in [0.1, 0.15) is 6.10 Å². The van der Waals surface area contributed by atoms with Crippen molar-refractivity contribution in [2.45, 2.75) is 70.4 Å². The van der Waals surface area contributed by atoms with E-state index in [1.165, 1.54) is 0 Å². The lowest BCUT2D eigenvalue weighted by molar-refractivity contribution is -0.218. The molecule has 0 saturated carbocycles. The molecule has 4 atom stereocenters. The van der Waals surface area contributed by atoms with E-state index in [9.17, 15) is 18.0 Å². The molecule has 1 saturated heterocycles. The highest BCUT2D eigenvalue weighted by Crippen LogP contribution is 2.33. The van der Waals surface area contributed by atoms with Crippen molar-refractivity contribution in [1.29, 1.82) is 0 Å². The van der Waals surface area contributed by atoms with E-state index >= 15 is 0 Å². The van der Waals surface area contributed by atoms with Crippen LogP contribution in [-0.2, 0) is 20.7 Å². The molecule has 0 bridgehead atoms. The van der Waals surface area contributed by atoms with Crippen LogP contribution in [-0.4, -0.2) is 30.5 Å². The normalized spacial score (nSPS) is 27.1. The van der Waals surface area contributed by atoms with Gasteiger partial charge in [-0.2, -0.15) is 13.2 Å². The SMILES string of the molecule is CCC[C@@H]1O[C@H](CCc2ccccc2)C[C@H](OC(=O)C(F)(F)F)[C@H]1C. The van der Waals surface area contributed by atoms with E-state index in [4.69, 9.17) is 9.47 Å². The van der Waals surface area contributed by atoms with E-state index in [0.29, 0.717) is 12.8 Å². The minimum Gasteiger partial charge on any atom is -0.455 e. The highest BCUT2D eigenvalue weighted by molar-refractivity contribution is 5.75. The van der Waals surface area contributed by atoms with Crippen LogP contribution in [0.25, 0.3) is 0 Å². The lowest BCUT2D eigenvalue weighted by Crippen LogP contribution is -2.46. The first kappa shape index (κ1) is 19.8. The third kappa shape index (κ3) is 5.73. The molecule has 0 unspecified atom stereocenters. The van der Waals surface area contributed by atoms with Crippen molar-refractivity contribution in [1.82, 2.24) is 0 Å². The van der Waals surface area contributed by atoms with E-state index < -0.39 is 18.2 Å². The Balaban J connectivity index is 2.01. The molecule has 0 amide bonds. The smallest absolute Gasteiger partial charge is 0.455 e. The van der Waals surface area contributed by atoms with E-state index in [1.807, 2.05) is 37.3 Å². The van der Waals surface area contributed by atoms with Crippen molar-refractivity contribution < 1.29 is 27.4 Å². The predicted octanol–water partition coefficient (Wildman–Crippen LogP) is 4.69. The van der Waals surface area contributed by atoms with E-state index in [2.05, 4.69) is 0 Å².